The Morgan fingerprint density at radius 3 is 2.74 bits per heavy atom. The fourth-order valence-electron chi connectivity index (χ4n) is 4.27. The van der Waals surface area contributed by atoms with Crippen LogP contribution in [-0.2, 0) is 0 Å². The third-order valence-corrected chi connectivity index (χ3v) is 6.37. The van der Waals surface area contributed by atoms with E-state index in [0.717, 1.165) is 55.7 Å². The summed E-state index contributed by atoms with van der Waals surface area (Å²) in [7, 11) is 2.15. The molecule has 5 rings (SSSR count). The fraction of sp³-hybridized carbons (Fsp3) is 0.308. The molecule has 1 amide bonds. The minimum atomic E-state index is -0.0915. The minimum absolute atomic E-state index is 0.0915. The number of nitrogens with two attached hydrogens (primary N) is 1. The Hall–Kier alpha value is -3.82. The second kappa shape index (κ2) is 10.2. The number of anilines is 1. The number of para-hydroxylation sites is 2. The van der Waals surface area contributed by atoms with E-state index in [9.17, 15) is 4.79 Å². The van der Waals surface area contributed by atoms with Gasteiger partial charge in [0.15, 0.2) is 11.6 Å². The molecule has 0 aliphatic carbocycles. The van der Waals surface area contributed by atoms with Gasteiger partial charge in [-0.25, -0.2) is 15.0 Å². The molecule has 35 heavy (non-hydrogen) atoms. The molecule has 1 aliphatic rings. The van der Waals surface area contributed by atoms with Gasteiger partial charge >= 0.3 is 0 Å². The van der Waals surface area contributed by atoms with Gasteiger partial charge in [0.05, 0.1) is 22.9 Å². The number of hydrogen-bond acceptors (Lipinski definition) is 7. The van der Waals surface area contributed by atoms with Crippen molar-refractivity contribution in [3.05, 3.63) is 60.3 Å². The number of rotatable bonds is 7. The lowest BCUT2D eigenvalue weighted by Crippen LogP contribution is -2.45. The Labute approximate surface area is 204 Å². The van der Waals surface area contributed by atoms with Gasteiger partial charge in [-0.2, -0.15) is 0 Å². The quantitative estimate of drug-likeness (QED) is 0.356. The first-order valence-corrected chi connectivity index (χ1v) is 11.9. The lowest BCUT2D eigenvalue weighted by Gasteiger charge is -2.32. The number of likely N-dealkylation sites (N-methyl/N-ethyl adjacent to an activating group) is 1. The summed E-state index contributed by atoms with van der Waals surface area (Å²) < 4.78 is 0. The molecule has 2 aromatic heterocycles. The van der Waals surface area contributed by atoms with Crippen LogP contribution in [0.1, 0.15) is 16.8 Å². The molecule has 2 aromatic carbocycles. The van der Waals surface area contributed by atoms with Crippen molar-refractivity contribution >= 4 is 22.8 Å². The van der Waals surface area contributed by atoms with Gasteiger partial charge in [-0.15, -0.1) is 0 Å². The molecular formula is C26H30N8O. The molecular weight excluding hydrogens is 440 g/mol. The SMILES string of the molecule is CN1CCN(CCCNC(=O)c2cccc(-c3cnc(N)c(-c4nc5ccccc5[nH]4)n3)c2)CC1. The predicted octanol–water partition coefficient (Wildman–Crippen LogP) is 2.64. The van der Waals surface area contributed by atoms with Gasteiger partial charge in [-0.3, -0.25) is 4.79 Å². The van der Waals surface area contributed by atoms with Crippen LogP contribution >= 0.6 is 0 Å². The maximum Gasteiger partial charge on any atom is 0.251 e. The van der Waals surface area contributed by atoms with Crippen molar-refractivity contribution in [3.63, 3.8) is 0 Å². The molecule has 1 aliphatic heterocycles. The third kappa shape index (κ3) is 5.31. The van der Waals surface area contributed by atoms with E-state index in [1.165, 1.54) is 0 Å². The molecule has 4 aromatic rings. The predicted molar refractivity (Wildman–Crippen MR) is 138 cm³/mol. The van der Waals surface area contributed by atoms with E-state index in [1.54, 1.807) is 6.20 Å². The van der Waals surface area contributed by atoms with Crippen molar-refractivity contribution in [2.24, 2.45) is 0 Å². The summed E-state index contributed by atoms with van der Waals surface area (Å²) in [5.74, 6) is 0.764. The maximum absolute atomic E-state index is 12.8. The van der Waals surface area contributed by atoms with E-state index in [1.807, 2.05) is 48.5 Å². The van der Waals surface area contributed by atoms with Gasteiger partial charge in [-0.1, -0.05) is 24.3 Å². The maximum atomic E-state index is 12.8. The average Bonchev–Trinajstić information content (AvgIpc) is 3.32. The van der Waals surface area contributed by atoms with Gasteiger partial charge in [-0.05, 0) is 44.3 Å². The number of imidazole rings is 1. The second-order valence-corrected chi connectivity index (χ2v) is 8.93. The molecule has 1 saturated heterocycles. The Kier molecular flexibility index (Phi) is 6.69. The van der Waals surface area contributed by atoms with Gasteiger partial charge in [0.1, 0.15) is 5.69 Å². The highest BCUT2D eigenvalue weighted by Crippen LogP contribution is 2.26. The van der Waals surface area contributed by atoms with Crippen LogP contribution in [0.4, 0.5) is 5.82 Å². The number of fused-ring (bicyclic) bond motifs is 1. The lowest BCUT2D eigenvalue weighted by atomic mass is 10.1. The van der Waals surface area contributed by atoms with Crippen LogP contribution in [0.15, 0.2) is 54.7 Å². The van der Waals surface area contributed by atoms with Crippen molar-refractivity contribution in [1.82, 2.24) is 35.1 Å². The van der Waals surface area contributed by atoms with Crippen LogP contribution in [0.25, 0.3) is 33.8 Å². The number of hydrogen-bond donors (Lipinski definition) is 3. The molecule has 0 radical (unpaired) electrons. The number of H-pyrrole nitrogens is 1. The highest BCUT2D eigenvalue weighted by atomic mass is 16.1. The van der Waals surface area contributed by atoms with Gasteiger partial charge in [0, 0.05) is 43.9 Å². The number of nitrogens with zero attached hydrogens (tertiary/aromatic N) is 5. The first-order chi connectivity index (χ1) is 17.1. The summed E-state index contributed by atoms with van der Waals surface area (Å²) in [5.41, 5.74) is 10.4. The number of aromatic amines is 1. The van der Waals surface area contributed by atoms with Gasteiger partial charge in [0.25, 0.3) is 5.91 Å². The van der Waals surface area contributed by atoms with Crippen molar-refractivity contribution in [2.75, 3.05) is 52.0 Å². The Morgan fingerprint density at radius 1 is 1.09 bits per heavy atom. The summed E-state index contributed by atoms with van der Waals surface area (Å²) in [6.45, 7) is 6.03. The Morgan fingerprint density at radius 2 is 1.91 bits per heavy atom. The van der Waals surface area contributed by atoms with E-state index in [4.69, 9.17) is 10.7 Å². The molecule has 9 nitrogen and oxygen atoms in total. The molecule has 0 atom stereocenters. The smallest absolute Gasteiger partial charge is 0.251 e. The largest absolute Gasteiger partial charge is 0.382 e. The third-order valence-electron chi connectivity index (χ3n) is 6.37. The molecule has 4 N–H and O–H groups in total. The monoisotopic (exact) mass is 470 g/mol. The van der Waals surface area contributed by atoms with Crippen LogP contribution < -0.4 is 11.1 Å². The van der Waals surface area contributed by atoms with Crippen LogP contribution in [0.3, 0.4) is 0 Å². The molecule has 0 bridgehead atoms. The van der Waals surface area contributed by atoms with E-state index < -0.39 is 0 Å². The molecule has 1 fully saturated rings. The zero-order chi connectivity index (χ0) is 24.2. The zero-order valence-electron chi connectivity index (χ0n) is 19.9. The number of nitrogen functional groups attached to an aromatic ring is 1. The normalized spacial score (nSPS) is 14.9. The molecule has 3 heterocycles. The van der Waals surface area contributed by atoms with Crippen LogP contribution in [0.5, 0.6) is 0 Å². The average molecular weight is 471 g/mol. The number of carbonyl (C=O) groups excluding carboxylic acids is 1. The van der Waals surface area contributed by atoms with Crippen LogP contribution in [0, 0.1) is 0 Å². The number of aromatic nitrogens is 4. The standard InChI is InChI=1S/C26H30N8O/c1-33-12-14-34(15-13-33)11-5-10-28-26(35)19-7-4-6-18(16-19)22-17-29-24(27)23(30-22)25-31-20-8-2-3-9-21(20)32-25/h2-4,6-9,16-17H,5,10-15H2,1H3,(H2,27,29)(H,28,35)(H,31,32). The summed E-state index contributed by atoms with van der Waals surface area (Å²) in [6, 6.07) is 15.2. The molecule has 0 spiro atoms. The van der Waals surface area contributed by atoms with Gasteiger partial charge < -0.3 is 25.8 Å². The Bertz CT molecular complexity index is 1290. The summed E-state index contributed by atoms with van der Waals surface area (Å²) in [5, 5.41) is 3.04. The Balaban J connectivity index is 1.26. The summed E-state index contributed by atoms with van der Waals surface area (Å²) in [4.78, 5) is 34.5. The van der Waals surface area contributed by atoms with Gasteiger partial charge in [0.2, 0.25) is 0 Å². The fourth-order valence-corrected chi connectivity index (χ4v) is 4.27. The van der Waals surface area contributed by atoms with Crippen molar-refractivity contribution in [1.29, 1.82) is 0 Å². The lowest BCUT2D eigenvalue weighted by molar-refractivity contribution is 0.0949. The highest BCUT2D eigenvalue weighted by molar-refractivity contribution is 5.95. The molecule has 180 valence electrons. The van der Waals surface area contributed by atoms with Crippen molar-refractivity contribution in [2.45, 2.75) is 6.42 Å². The number of nitrogens with one attached hydrogen (secondary N) is 2. The van der Waals surface area contributed by atoms with Crippen LogP contribution in [-0.4, -0.2) is 82.0 Å². The molecule has 0 unspecified atom stereocenters. The second-order valence-electron chi connectivity index (χ2n) is 8.93. The summed E-state index contributed by atoms with van der Waals surface area (Å²) in [6.07, 6.45) is 2.55. The van der Waals surface area contributed by atoms with E-state index >= 15 is 0 Å². The number of amides is 1. The van der Waals surface area contributed by atoms with E-state index in [2.05, 4.69) is 37.1 Å². The van der Waals surface area contributed by atoms with Crippen LogP contribution in [0.2, 0.25) is 0 Å². The summed E-state index contributed by atoms with van der Waals surface area (Å²) >= 11 is 0. The van der Waals surface area contributed by atoms with Crippen molar-refractivity contribution in [3.8, 4) is 22.8 Å². The topological polar surface area (TPSA) is 116 Å². The first-order valence-electron chi connectivity index (χ1n) is 11.9. The number of piperazine rings is 1. The molecule has 9 heteroatoms. The minimum Gasteiger partial charge on any atom is -0.382 e. The number of benzene rings is 2. The van der Waals surface area contributed by atoms with Crippen molar-refractivity contribution < 1.29 is 4.79 Å². The first kappa shape index (κ1) is 22.9. The zero-order valence-corrected chi connectivity index (χ0v) is 19.9. The van der Waals surface area contributed by atoms with E-state index in [-0.39, 0.29) is 5.91 Å². The van der Waals surface area contributed by atoms with E-state index in [0.29, 0.717) is 35.1 Å². The molecule has 0 saturated carbocycles. The number of carbonyl (C=O) groups is 1. The highest BCUT2D eigenvalue weighted by Gasteiger charge is 2.15.